The maximum atomic E-state index is 11.8. The number of hydrogen-bond acceptors (Lipinski definition) is 3. The minimum absolute atomic E-state index is 0.282. The molecule has 2 aromatic rings. The van der Waals surface area contributed by atoms with Gasteiger partial charge in [0.1, 0.15) is 5.69 Å². The minimum Gasteiger partial charge on any atom is -0.453 e. The van der Waals surface area contributed by atoms with Gasteiger partial charge < -0.3 is 9.72 Å². The standard InChI is InChI=1S/C13H9BrClNO3/c14-9-5-11(16-6-9)13(18)19-7-12(17)8-1-3-10(15)4-2-8/h1-6,16H,7H2. The molecule has 0 amide bonds. The van der Waals surface area contributed by atoms with Crippen LogP contribution in [0.15, 0.2) is 41.0 Å². The Morgan fingerprint density at radius 1 is 1.26 bits per heavy atom. The van der Waals surface area contributed by atoms with E-state index in [4.69, 9.17) is 16.3 Å². The molecule has 0 saturated heterocycles. The summed E-state index contributed by atoms with van der Waals surface area (Å²) in [5.74, 6) is -0.858. The van der Waals surface area contributed by atoms with Crippen LogP contribution in [-0.4, -0.2) is 23.3 Å². The summed E-state index contributed by atoms with van der Waals surface area (Å²) in [6, 6.07) is 7.97. The van der Waals surface area contributed by atoms with Gasteiger partial charge in [-0.1, -0.05) is 11.6 Å². The summed E-state index contributed by atoms with van der Waals surface area (Å²) in [6.07, 6.45) is 1.61. The molecule has 0 radical (unpaired) electrons. The number of benzene rings is 1. The van der Waals surface area contributed by atoms with Crippen LogP contribution in [0.25, 0.3) is 0 Å². The highest BCUT2D eigenvalue weighted by atomic mass is 79.9. The van der Waals surface area contributed by atoms with Crippen LogP contribution < -0.4 is 0 Å². The Morgan fingerprint density at radius 3 is 2.53 bits per heavy atom. The number of nitrogens with one attached hydrogen (secondary N) is 1. The molecule has 0 unspecified atom stereocenters. The largest absolute Gasteiger partial charge is 0.453 e. The fourth-order valence-corrected chi connectivity index (χ4v) is 1.88. The van der Waals surface area contributed by atoms with Crippen LogP contribution >= 0.6 is 27.5 Å². The SMILES string of the molecule is O=C(COC(=O)c1cc(Br)c[nH]1)c1ccc(Cl)cc1. The highest BCUT2D eigenvalue weighted by molar-refractivity contribution is 9.10. The van der Waals surface area contributed by atoms with Crippen molar-refractivity contribution in [3.8, 4) is 0 Å². The molecular weight excluding hydrogens is 334 g/mol. The predicted octanol–water partition coefficient (Wildman–Crippen LogP) is 3.47. The van der Waals surface area contributed by atoms with Crippen LogP contribution in [-0.2, 0) is 4.74 Å². The van der Waals surface area contributed by atoms with Gasteiger partial charge in [0.05, 0.1) is 0 Å². The normalized spacial score (nSPS) is 10.2. The smallest absolute Gasteiger partial charge is 0.355 e. The Balaban J connectivity index is 1.93. The van der Waals surface area contributed by atoms with Crippen molar-refractivity contribution in [2.45, 2.75) is 0 Å². The number of halogens is 2. The van der Waals surface area contributed by atoms with Gasteiger partial charge in [-0.2, -0.15) is 0 Å². The van der Waals surface area contributed by atoms with Gasteiger partial charge in [0.15, 0.2) is 12.4 Å². The lowest BCUT2D eigenvalue weighted by atomic mass is 10.1. The van der Waals surface area contributed by atoms with Crippen LogP contribution in [0.4, 0.5) is 0 Å². The molecule has 1 N–H and O–H groups in total. The lowest BCUT2D eigenvalue weighted by Gasteiger charge is -2.03. The average Bonchev–Trinajstić information content (AvgIpc) is 2.83. The van der Waals surface area contributed by atoms with Gasteiger partial charge in [0, 0.05) is 21.3 Å². The van der Waals surface area contributed by atoms with E-state index in [1.807, 2.05) is 0 Å². The lowest BCUT2D eigenvalue weighted by Crippen LogP contribution is -2.14. The summed E-state index contributed by atoms with van der Waals surface area (Å²) in [4.78, 5) is 26.1. The van der Waals surface area contributed by atoms with Crippen molar-refractivity contribution in [1.29, 1.82) is 0 Å². The molecule has 0 bridgehead atoms. The Bertz CT molecular complexity index is 607. The molecule has 0 atom stereocenters. The van der Waals surface area contributed by atoms with Crippen LogP contribution in [0.1, 0.15) is 20.8 Å². The molecule has 0 aliphatic heterocycles. The summed E-state index contributed by atoms with van der Waals surface area (Å²) in [7, 11) is 0. The first-order valence-corrected chi connectivity index (χ1v) is 6.53. The third-order valence-corrected chi connectivity index (χ3v) is 3.08. The summed E-state index contributed by atoms with van der Waals surface area (Å²) < 4.78 is 5.65. The first-order chi connectivity index (χ1) is 9.06. The fraction of sp³-hybridized carbons (Fsp3) is 0.0769. The zero-order valence-corrected chi connectivity index (χ0v) is 12.0. The molecule has 1 heterocycles. The van der Waals surface area contributed by atoms with E-state index >= 15 is 0 Å². The summed E-state index contributed by atoms with van der Waals surface area (Å²) >= 11 is 8.93. The Hall–Kier alpha value is -1.59. The number of Topliss-reactive ketones (excluding diaryl/α,β-unsaturated/α-hetero) is 1. The molecule has 19 heavy (non-hydrogen) atoms. The van der Waals surface area contributed by atoms with Crippen molar-refractivity contribution in [1.82, 2.24) is 4.98 Å². The number of carbonyl (C=O) groups excluding carboxylic acids is 2. The highest BCUT2D eigenvalue weighted by Gasteiger charge is 2.13. The van der Waals surface area contributed by atoms with Gasteiger partial charge in [-0.15, -0.1) is 0 Å². The molecular formula is C13H9BrClNO3. The monoisotopic (exact) mass is 341 g/mol. The summed E-state index contributed by atoms with van der Waals surface area (Å²) in [5.41, 5.74) is 0.737. The molecule has 0 aliphatic rings. The van der Waals surface area contributed by atoms with Crippen molar-refractivity contribution in [3.63, 3.8) is 0 Å². The molecule has 4 nitrogen and oxygen atoms in total. The number of aromatic amines is 1. The number of ketones is 1. The van der Waals surface area contributed by atoms with Gasteiger partial charge in [-0.3, -0.25) is 4.79 Å². The van der Waals surface area contributed by atoms with E-state index in [-0.39, 0.29) is 18.1 Å². The van der Waals surface area contributed by atoms with Crippen molar-refractivity contribution >= 4 is 39.3 Å². The zero-order valence-electron chi connectivity index (χ0n) is 9.65. The summed E-state index contributed by atoms with van der Waals surface area (Å²) in [6.45, 7) is -0.308. The Labute approximate surface area is 122 Å². The maximum Gasteiger partial charge on any atom is 0.355 e. The molecule has 2 rings (SSSR count). The first-order valence-electron chi connectivity index (χ1n) is 5.36. The van der Waals surface area contributed by atoms with Crippen LogP contribution in [0.2, 0.25) is 5.02 Å². The third-order valence-electron chi connectivity index (χ3n) is 2.37. The molecule has 6 heteroatoms. The summed E-state index contributed by atoms with van der Waals surface area (Å²) in [5, 5.41) is 0.546. The number of carbonyl (C=O) groups is 2. The number of aromatic nitrogens is 1. The zero-order chi connectivity index (χ0) is 13.8. The van der Waals surface area contributed by atoms with Crippen molar-refractivity contribution in [2.24, 2.45) is 0 Å². The van der Waals surface area contributed by atoms with E-state index < -0.39 is 5.97 Å². The van der Waals surface area contributed by atoms with E-state index in [0.717, 1.165) is 4.47 Å². The van der Waals surface area contributed by atoms with Gasteiger partial charge >= 0.3 is 5.97 Å². The van der Waals surface area contributed by atoms with Gasteiger partial charge in [0.2, 0.25) is 0 Å². The van der Waals surface area contributed by atoms with E-state index in [1.165, 1.54) is 0 Å². The Kier molecular flexibility index (Phi) is 4.39. The molecule has 0 spiro atoms. The molecule has 0 aliphatic carbocycles. The van der Waals surface area contributed by atoms with E-state index in [9.17, 15) is 9.59 Å². The number of hydrogen-bond donors (Lipinski definition) is 1. The van der Waals surface area contributed by atoms with Gasteiger partial charge in [0.25, 0.3) is 0 Å². The second-order valence-corrected chi connectivity index (χ2v) is 5.09. The van der Waals surface area contributed by atoms with Crippen LogP contribution in [0.3, 0.4) is 0 Å². The second kappa shape index (κ2) is 6.04. The van der Waals surface area contributed by atoms with Gasteiger partial charge in [-0.25, -0.2) is 4.79 Å². The number of rotatable bonds is 4. The van der Waals surface area contributed by atoms with E-state index in [0.29, 0.717) is 10.6 Å². The van der Waals surface area contributed by atoms with Gasteiger partial charge in [-0.05, 0) is 46.3 Å². The predicted molar refractivity (Wildman–Crippen MR) is 74.6 cm³/mol. The van der Waals surface area contributed by atoms with Crippen molar-refractivity contribution in [3.05, 3.63) is 57.3 Å². The average molecular weight is 343 g/mol. The quantitative estimate of drug-likeness (QED) is 0.683. The third kappa shape index (κ3) is 3.68. The van der Waals surface area contributed by atoms with Crippen molar-refractivity contribution < 1.29 is 14.3 Å². The Morgan fingerprint density at radius 2 is 1.95 bits per heavy atom. The van der Waals surface area contributed by atoms with Crippen LogP contribution in [0.5, 0.6) is 0 Å². The molecule has 98 valence electrons. The second-order valence-electron chi connectivity index (χ2n) is 3.74. The van der Waals surface area contributed by atoms with E-state index in [2.05, 4.69) is 20.9 Å². The lowest BCUT2D eigenvalue weighted by molar-refractivity contribution is 0.0469. The molecule has 0 fully saturated rings. The molecule has 1 aromatic carbocycles. The number of ether oxygens (including phenoxy) is 1. The number of H-pyrrole nitrogens is 1. The molecule has 1 aromatic heterocycles. The van der Waals surface area contributed by atoms with E-state index in [1.54, 1.807) is 36.5 Å². The number of esters is 1. The topological polar surface area (TPSA) is 59.2 Å². The fourth-order valence-electron chi connectivity index (χ4n) is 1.41. The first kappa shape index (κ1) is 13.8. The minimum atomic E-state index is -0.576. The molecule has 0 saturated carbocycles. The van der Waals surface area contributed by atoms with Crippen LogP contribution in [0, 0.1) is 0 Å². The van der Waals surface area contributed by atoms with Crippen molar-refractivity contribution in [2.75, 3.05) is 6.61 Å². The highest BCUT2D eigenvalue weighted by Crippen LogP contribution is 2.12. The maximum absolute atomic E-state index is 11.8.